The second kappa shape index (κ2) is 6.26. The first-order valence-electron chi connectivity index (χ1n) is 7.93. The Labute approximate surface area is 143 Å². The number of anilines is 2. The molecule has 1 aliphatic carbocycles. The van der Waals surface area contributed by atoms with Gasteiger partial charge in [0.15, 0.2) is 4.96 Å². The van der Waals surface area contributed by atoms with Gasteiger partial charge in [0.25, 0.3) is 0 Å². The van der Waals surface area contributed by atoms with Crippen LogP contribution in [0.4, 0.5) is 11.4 Å². The number of rotatable bonds is 6. The lowest BCUT2D eigenvalue weighted by atomic mass is 10.2. The van der Waals surface area contributed by atoms with Gasteiger partial charge >= 0.3 is 0 Å². The number of aliphatic hydroxyl groups excluding tert-OH is 1. The van der Waals surface area contributed by atoms with Gasteiger partial charge in [-0.3, -0.25) is 9.20 Å². The molecule has 1 aromatic carbocycles. The number of aromatic nitrogens is 2. The molecule has 2 heterocycles. The summed E-state index contributed by atoms with van der Waals surface area (Å²) in [5.74, 6) is 0.183. The van der Waals surface area contributed by atoms with E-state index < -0.39 is 12.5 Å². The average Bonchev–Trinajstić information content (AvgIpc) is 3.23. The van der Waals surface area contributed by atoms with Gasteiger partial charge < -0.3 is 15.7 Å². The van der Waals surface area contributed by atoms with Gasteiger partial charge in [-0.2, -0.15) is 0 Å². The normalized spacial score (nSPS) is 14.0. The second-order valence-corrected chi connectivity index (χ2v) is 6.79. The van der Waals surface area contributed by atoms with Crippen molar-refractivity contribution >= 4 is 33.6 Å². The zero-order valence-electron chi connectivity index (χ0n) is 13.0. The molecule has 3 N–H and O–H groups in total. The van der Waals surface area contributed by atoms with E-state index >= 15 is 0 Å². The molecule has 124 valence electrons. The number of amides is 1. The van der Waals surface area contributed by atoms with Crippen molar-refractivity contribution in [1.82, 2.24) is 9.38 Å². The van der Waals surface area contributed by atoms with Gasteiger partial charge in [0, 0.05) is 28.9 Å². The fraction of sp³-hybridized carbons (Fsp3) is 0.294. The highest BCUT2D eigenvalue weighted by Crippen LogP contribution is 2.42. The lowest BCUT2D eigenvalue weighted by Gasteiger charge is -2.10. The third kappa shape index (κ3) is 3.00. The van der Waals surface area contributed by atoms with E-state index in [1.165, 1.54) is 24.2 Å². The van der Waals surface area contributed by atoms with Crippen molar-refractivity contribution in [2.24, 2.45) is 0 Å². The lowest BCUT2D eigenvalue weighted by molar-refractivity contribution is -0.118. The number of carbonyl (C=O) groups excluding carboxylic acids is 1. The van der Waals surface area contributed by atoms with Crippen molar-refractivity contribution in [2.75, 3.05) is 17.2 Å². The van der Waals surface area contributed by atoms with Gasteiger partial charge in [0.2, 0.25) is 5.91 Å². The number of nitrogens with zero attached hydrogens (tertiary/aromatic N) is 2. The zero-order valence-corrected chi connectivity index (χ0v) is 13.8. The Morgan fingerprint density at radius 3 is 3.00 bits per heavy atom. The van der Waals surface area contributed by atoms with E-state index in [9.17, 15) is 4.79 Å². The Morgan fingerprint density at radius 1 is 1.38 bits per heavy atom. The van der Waals surface area contributed by atoms with Crippen molar-refractivity contribution in [1.29, 1.82) is 0 Å². The van der Waals surface area contributed by atoms with Crippen LogP contribution in [0.3, 0.4) is 0 Å². The minimum atomic E-state index is -0.519. The maximum absolute atomic E-state index is 11.3. The van der Waals surface area contributed by atoms with E-state index in [0.29, 0.717) is 18.2 Å². The van der Waals surface area contributed by atoms with E-state index in [-0.39, 0.29) is 0 Å². The molecule has 0 radical (unpaired) electrons. The molecule has 7 heteroatoms. The Hall–Kier alpha value is -2.38. The van der Waals surface area contributed by atoms with Crippen molar-refractivity contribution in [3.63, 3.8) is 0 Å². The van der Waals surface area contributed by atoms with Crippen LogP contribution in [0.2, 0.25) is 0 Å². The predicted octanol–water partition coefficient (Wildman–Crippen LogP) is 2.82. The number of fused-ring (bicyclic) bond motifs is 1. The molecular formula is C17H18N4O2S. The molecule has 2 aromatic heterocycles. The molecule has 0 atom stereocenters. The maximum atomic E-state index is 11.3. The SMILES string of the molecule is O=C(CO)Nc1cccc(NCc2c(C3CC3)nc3sccn23)c1. The summed E-state index contributed by atoms with van der Waals surface area (Å²) in [6.07, 6.45) is 4.51. The van der Waals surface area contributed by atoms with Crippen molar-refractivity contribution in [2.45, 2.75) is 25.3 Å². The fourth-order valence-electron chi connectivity index (χ4n) is 2.80. The first kappa shape index (κ1) is 15.2. The number of hydrogen-bond donors (Lipinski definition) is 3. The van der Waals surface area contributed by atoms with Gasteiger partial charge in [-0.15, -0.1) is 11.3 Å². The van der Waals surface area contributed by atoms with Crippen LogP contribution >= 0.6 is 11.3 Å². The fourth-order valence-corrected chi connectivity index (χ4v) is 3.54. The van der Waals surface area contributed by atoms with E-state index in [4.69, 9.17) is 10.1 Å². The van der Waals surface area contributed by atoms with Gasteiger partial charge in [-0.05, 0) is 31.0 Å². The highest BCUT2D eigenvalue weighted by molar-refractivity contribution is 7.15. The molecule has 3 aromatic rings. The number of aliphatic hydroxyl groups is 1. The van der Waals surface area contributed by atoms with E-state index in [0.717, 1.165) is 10.6 Å². The third-order valence-corrected chi connectivity index (χ3v) is 4.86. The molecule has 24 heavy (non-hydrogen) atoms. The molecule has 0 aliphatic heterocycles. The third-order valence-electron chi connectivity index (χ3n) is 4.11. The smallest absolute Gasteiger partial charge is 0.250 e. The van der Waals surface area contributed by atoms with Crippen LogP contribution in [0, 0.1) is 0 Å². The molecule has 0 bridgehead atoms. The number of nitrogens with one attached hydrogen (secondary N) is 2. The monoisotopic (exact) mass is 342 g/mol. The number of thiazole rings is 1. The van der Waals surface area contributed by atoms with Crippen LogP contribution in [0.15, 0.2) is 35.8 Å². The van der Waals surface area contributed by atoms with Crippen LogP contribution in [0.5, 0.6) is 0 Å². The molecule has 1 amide bonds. The summed E-state index contributed by atoms with van der Waals surface area (Å²) in [6, 6.07) is 7.48. The molecule has 1 aliphatic rings. The summed E-state index contributed by atoms with van der Waals surface area (Å²) < 4.78 is 2.16. The molecule has 0 saturated heterocycles. The molecule has 1 fully saturated rings. The van der Waals surface area contributed by atoms with Crippen molar-refractivity contribution in [3.05, 3.63) is 47.2 Å². The Kier molecular flexibility index (Phi) is 3.95. The second-order valence-electron chi connectivity index (χ2n) is 5.91. The van der Waals surface area contributed by atoms with Crippen LogP contribution in [0.25, 0.3) is 4.96 Å². The molecule has 0 spiro atoms. The summed E-state index contributed by atoms with van der Waals surface area (Å²) in [7, 11) is 0. The maximum Gasteiger partial charge on any atom is 0.250 e. The van der Waals surface area contributed by atoms with Gasteiger partial charge in [-0.25, -0.2) is 4.98 Å². The molecule has 0 unspecified atom stereocenters. The average molecular weight is 342 g/mol. The first-order chi connectivity index (χ1) is 11.7. The number of imidazole rings is 1. The number of hydrogen-bond acceptors (Lipinski definition) is 5. The molecule has 4 rings (SSSR count). The first-order valence-corrected chi connectivity index (χ1v) is 8.81. The highest BCUT2D eigenvalue weighted by atomic mass is 32.1. The standard InChI is InChI=1S/C17H18N4O2S/c22-10-15(23)19-13-3-1-2-12(8-13)18-9-14-16(11-4-5-11)20-17-21(14)6-7-24-17/h1-3,6-8,11,18,22H,4-5,9-10H2,(H,19,23). The zero-order chi connectivity index (χ0) is 16.5. The largest absolute Gasteiger partial charge is 0.387 e. The summed E-state index contributed by atoms with van der Waals surface area (Å²) in [6.45, 7) is 0.162. The lowest BCUT2D eigenvalue weighted by Crippen LogP contribution is -2.15. The van der Waals surface area contributed by atoms with Crippen molar-refractivity contribution in [3.8, 4) is 0 Å². The quantitative estimate of drug-likeness (QED) is 0.644. The molecular weight excluding hydrogens is 324 g/mol. The summed E-state index contributed by atoms with van der Waals surface area (Å²) in [4.78, 5) is 17.1. The van der Waals surface area contributed by atoms with Crippen LogP contribution in [0.1, 0.15) is 30.1 Å². The van der Waals surface area contributed by atoms with Crippen molar-refractivity contribution < 1.29 is 9.90 Å². The van der Waals surface area contributed by atoms with Gasteiger partial charge in [-0.1, -0.05) is 6.07 Å². The summed E-state index contributed by atoms with van der Waals surface area (Å²) >= 11 is 1.65. The molecule has 1 saturated carbocycles. The minimum absolute atomic E-state index is 0.418. The highest BCUT2D eigenvalue weighted by Gasteiger charge is 2.30. The van der Waals surface area contributed by atoms with E-state index in [2.05, 4.69) is 21.2 Å². The Balaban J connectivity index is 1.53. The topological polar surface area (TPSA) is 78.7 Å². The summed E-state index contributed by atoms with van der Waals surface area (Å²) in [5.41, 5.74) is 3.99. The van der Waals surface area contributed by atoms with Crippen LogP contribution < -0.4 is 10.6 Å². The number of benzene rings is 1. The summed E-state index contributed by atoms with van der Waals surface area (Å²) in [5, 5.41) is 16.9. The van der Waals surface area contributed by atoms with E-state index in [1.807, 2.05) is 23.6 Å². The van der Waals surface area contributed by atoms with Crippen LogP contribution in [-0.4, -0.2) is 27.0 Å². The Bertz CT molecular complexity index is 882. The van der Waals surface area contributed by atoms with Gasteiger partial charge in [0.1, 0.15) is 6.61 Å². The van der Waals surface area contributed by atoms with Crippen LogP contribution in [-0.2, 0) is 11.3 Å². The molecule has 6 nitrogen and oxygen atoms in total. The predicted molar refractivity (Wildman–Crippen MR) is 94.5 cm³/mol. The number of carbonyl (C=O) groups is 1. The minimum Gasteiger partial charge on any atom is -0.387 e. The Morgan fingerprint density at radius 2 is 2.21 bits per heavy atom. The van der Waals surface area contributed by atoms with E-state index in [1.54, 1.807) is 17.4 Å². The van der Waals surface area contributed by atoms with Gasteiger partial charge in [0.05, 0.1) is 17.9 Å².